The van der Waals surface area contributed by atoms with Gasteiger partial charge in [0, 0.05) is 6.04 Å². The summed E-state index contributed by atoms with van der Waals surface area (Å²) in [4.78, 5) is 11.6. The Morgan fingerprint density at radius 1 is 1.30 bits per heavy atom. The van der Waals surface area contributed by atoms with Crippen LogP contribution in [0.5, 0.6) is 5.75 Å². The first-order valence-electron chi connectivity index (χ1n) is 6.90. The minimum absolute atomic E-state index is 0.0521. The van der Waals surface area contributed by atoms with Crippen LogP contribution in [0.3, 0.4) is 0 Å². The van der Waals surface area contributed by atoms with Gasteiger partial charge in [0.05, 0.1) is 20.6 Å². The van der Waals surface area contributed by atoms with Crippen LogP contribution in [0.2, 0.25) is 0 Å². The van der Waals surface area contributed by atoms with Gasteiger partial charge in [-0.2, -0.15) is 0 Å². The van der Waals surface area contributed by atoms with E-state index in [9.17, 15) is 4.79 Å². The molecule has 4 heteroatoms. The molecule has 2 N–H and O–H groups in total. The van der Waals surface area contributed by atoms with Crippen LogP contribution < -0.4 is 10.5 Å². The molecular weight excluding hydrogens is 254 g/mol. The van der Waals surface area contributed by atoms with E-state index < -0.39 is 0 Å². The van der Waals surface area contributed by atoms with E-state index in [2.05, 4.69) is 0 Å². The van der Waals surface area contributed by atoms with Crippen molar-refractivity contribution in [1.82, 2.24) is 0 Å². The van der Waals surface area contributed by atoms with Gasteiger partial charge in [0.25, 0.3) is 0 Å². The lowest BCUT2D eigenvalue weighted by atomic mass is 9.74. The highest BCUT2D eigenvalue weighted by molar-refractivity contribution is 5.70. The van der Waals surface area contributed by atoms with Crippen molar-refractivity contribution >= 4 is 5.97 Å². The van der Waals surface area contributed by atoms with Gasteiger partial charge in [-0.15, -0.1) is 0 Å². The van der Waals surface area contributed by atoms with Gasteiger partial charge < -0.3 is 15.2 Å². The Bertz CT molecular complexity index is 430. The molecule has 0 aromatic heterocycles. The van der Waals surface area contributed by atoms with E-state index in [0.29, 0.717) is 6.42 Å². The monoisotopic (exact) mass is 279 g/mol. The molecule has 0 aliphatic heterocycles. The smallest absolute Gasteiger partial charge is 0.306 e. The van der Waals surface area contributed by atoms with Crippen LogP contribution >= 0.6 is 0 Å². The lowest BCUT2D eigenvalue weighted by Gasteiger charge is -2.34. The Hall–Kier alpha value is -1.55. The number of esters is 1. The highest BCUT2D eigenvalue weighted by atomic mass is 16.5. The summed E-state index contributed by atoms with van der Waals surface area (Å²) in [7, 11) is 3.05. The van der Waals surface area contributed by atoms with Crippen LogP contribution in [0.1, 0.15) is 32.3 Å². The predicted octanol–water partition coefficient (Wildman–Crippen LogP) is 2.54. The van der Waals surface area contributed by atoms with Gasteiger partial charge in [0.1, 0.15) is 5.75 Å². The zero-order valence-corrected chi connectivity index (χ0v) is 12.8. The lowest BCUT2D eigenvalue weighted by Crippen LogP contribution is -2.42. The normalized spacial score (nSPS) is 15.2. The number of hydrogen-bond acceptors (Lipinski definition) is 4. The molecule has 1 aromatic rings. The first kappa shape index (κ1) is 16.5. The fraction of sp³-hybridized carbons (Fsp3) is 0.562. The summed E-state index contributed by atoms with van der Waals surface area (Å²) in [5.74, 6) is 0.605. The van der Waals surface area contributed by atoms with Crippen LogP contribution in [-0.4, -0.2) is 26.2 Å². The average molecular weight is 279 g/mol. The van der Waals surface area contributed by atoms with Crippen molar-refractivity contribution in [3.05, 3.63) is 29.8 Å². The van der Waals surface area contributed by atoms with Gasteiger partial charge in [-0.1, -0.05) is 26.0 Å². The summed E-state index contributed by atoms with van der Waals surface area (Å²) in [6, 6.07) is 7.81. The number of rotatable bonds is 7. The van der Waals surface area contributed by atoms with E-state index in [1.807, 2.05) is 38.1 Å². The Morgan fingerprint density at radius 3 is 2.35 bits per heavy atom. The maximum Gasteiger partial charge on any atom is 0.306 e. The third-order valence-electron chi connectivity index (χ3n) is 3.88. The van der Waals surface area contributed by atoms with Crippen LogP contribution in [0.15, 0.2) is 24.3 Å². The van der Waals surface area contributed by atoms with Crippen molar-refractivity contribution in [1.29, 1.82) is 0 Å². The van der Waals surface area contributed by atoms with E-state index in [1.54, 1.807) is 7.11 Å². The minimum atomic E-state index is -0.309. The summed E-state index contributed by atoms with van der Waals surface area (Å²) >= 11 is 0. The minimum Gasteiger partial charge on any atom is -0.497 e. The second-order valence-corrected chi connectivity index (χ2v) is 5.45. The third kappa shape index (κ3) is 4.23. The Kier molecular flexibility index (Phi) is 6.02. The van der Waals surface area contributed by atoms with Crippen LogP contribution in [0.25, 0.3) is 0 Å². The summed E-state index contributed by atoms with van der Waals surface area (Å²) in [5.41, 5.74) is 7.06. The molecule has 0 heterocycles. The van der Waals surface area contributed by atoms with Crippen LogP contribution in [-0.2, 0) is 16.0 Å². The Morgan fingerprint density at radius 2 is 1.90 bits per heavy atom. The molecule has 20 heavy (non-hydrogen) atoms. The zero-order chi connectivity index (χ0) is 15.2. The maximum atomic E-state index is 11.6. The van der Waals surface area contributed by atoms with E-state index in [-0.39, 0.29) is 17.4 Å². The van der Waals surface area contributed by atoms with Crippen molar-refractivity contribution in [3.63, 3.8) is 0 Å². The first-order valence-corrected chi connectivity index (χ1v) is 6.90. The maximum absolute atomic E-state index is 11.6. The summed E-state index contributed by atoms with van der Waals surface area (Å²) in [5, 5.41) is 0. The second kappa shape index (κ2) is 7.29. The second-order valence-electron chi connectivity index (χ2n) is 5.45. The summed E-state index contributed by atoms with van der Waals surface area (Å²) in [6.07, 6.45) is 1.88. The van der Waals surface area contributed by atoms with Gasteiger partial charge in [-0.3, -0.25) is 4.79 Å². The Labute approximate surface area is 121 Å². The number of nitrogens with two attached hydrogens (primary N) is 1. The molecule has 0 spiro atoms. The number of methoxy groups -OCH3 is 2. The van der Waals surface area contributed by atoms with Crippen molar-refractivity contribution in [2.45, 2.75) is 39.2 Å². The number of benzene rings is 1. The van der Waals surface area contributed by atoms with Gasteiger partial charge in [-0.05, 0) is 36.0 Å². The topological polar surface area (TPSA) is 61.6 Å². The summed E-state index contributed by atoms with van der Waals surface area (Å²) in [6.45, 7) is 4.08. The molecule has 1 rings (SSSR count). The molecule has 2 unspecified atom stereocenters. The number of ether oxygens (including phenoxy) is 2. The highest BCUT2D eigenvalue weighted by Crippen LogP contribution is 2.32. The standard InChI is InChI=1S/C16H25NO3/c1-5-14(17)16(2,11-15(18)20-4)10-12-6-8-13(19-3)9-7-12/h6-9,14H,5,10-11,17H2,1-4H3. The molecule has 112 valence electrons. The predicted molar refractivity (Wildman–Crippen MR) is 79.7 cm³/mol. The molecule has 0 aliphatic carbocycles. The third-order valence-corrected chi connectivity index (χ3v) is 3.88. The molecular formula is C16H25NO3. The quantitative estimate of drug-likeness (QED) is 0.779. The van der Waals surface area contributed by atoms with Crippen molar-refractivity contribution in [2.24, 2.45) is 11.1 Å². The fourth-order valence-electron chi connectivity index (χ4n) is 2.43. The molecule has 0 radical (unpaired) electrons. The molecule has 0 amide bonds. The highest BCUT2D eigenvalue weighted by Gasteiger charge is 2.33. The molecule has 2 atom stereocenters. The summed E-state index contributed by atoms with van der Waals surface area (Å²) < 4.78 is 9.95. The van der Waals surface area contributed by atoms with Gasteiger partial charge in [0.2, 0.25) is 0 Å². The molecule has 0 aliphatic rings. The van der Waals surface area contributed by atoms with E-state index in [1.165, 1.54) is 7.11 Å². The van der Waals surface area contributed by atoms with Crippen LogP contribution in [0.4, 0.5) is 0 Å². The van der Waals surface area contributed by atoms with Crippen LogP contribution in [0, 0.1) is 5.41 Å². The molecule has 0 saturated carbocycles. The SMILES string of the molecule is CCC(N)C(C)(CC(=O)OC)Cc1ccc(OC)cc1. The van der Waals surface area contributed by atoms with Gasteiger partial charge >= 0.3 is 5.97 Å². The molecule has 0 saturated heterocycles. The van der Waals surface area contributed by atoms with E-state index in [4.69, 9.17) is 15.2 Å². The Balaban J connectivity index is 2.90. The number of carbonyl (C=O) groups excluding carboxylic acids is 1. The van der Waals surface area contributed by atoms with Gasteiger partial charge in [-0.25, -0.2) is 0 Å². The van der Waals surface area contributed by atoms with Crippen molar-refractivity contribution < 1.29 is 14.3 Å². The zero-order valence-electron chi connectivity index (χ0n) is 12.8. The lowest BCUT2D eigenvalue weighted by molar-refractivity contribution is -0.143. The van der Waals surface area contributed by atoms with E-state index >= 15 is 0 Å². The first-order chi connectivity index (χ1) is 9.45. The molecule has 1 aromatic carbocycles. The molecule has 4 nitrogen and oxygen atoms in total. The number of hydrogen-bond donors (Lipinski definition) is 1. The fourth-order valence-corrected chi connectivity index (χ4v) is 2.43. The van der Waals surface area contributed by atoms with Gasteiger partial charge in [0.15, 0.2) is 0 Å². The molecule has 0 fully saturated rings. The van der Waals surface area contributed by atoms with E-state index in [0.717, 1.165) is 24.2 Å². The molecule has 0 bridgehead atoms. The largest absolute Gasteiger partial charge is 0.497 e. The van der Waals surface area contributed by atoms with Crippen molar-refractivity contribution in [2.75, 3.05) is 14.2 Å². The number of carbonyl (C=O) groups is 1. The average Bonchev–Trinajstić information content (AvgIpc) is 2.46. The van der Waals surface area contributed by atoms with Crippen molar-refractivity contribution in [3.8, 4) is 5.75 Å².